The van der Waals surface area contributed by atoms with Crippen LogP contribution in [0.1, 0.15) is 32.6 Å². The van der Waals surface area contributed by atoms with Gasteiger partial charge < -0.3 is 25.1 Å². The molecule has 4 N–H and O–H groups in total. The standard InChI is InChI=1S/C14H32N2O3Si/c1-12(11-16)10-14(17-2)13(7-8-15)6-5-9-20(14,18-3)19-4/h12-13H,5-11,15-16H2,1-4H3. The largest absolute Gasteiger partial charge is 0.396 e. The van der Waals surface area contributed by atoms with Crippen molar-refractivity contribution in [2.75, 3.05) is 34.4 Å². The predicted octanol–water partition coefficient (Wildman–Crippen LogP) is 1.39. The minimum atomic E-state index is -2.42. The van der Waals surface area contributed by atoms with Gasteiger partial charge in [0.1, 0.15) is 5.22 Å². The van der Waals surface area contributed by atoms with Crippen LogP contribution < -0.4 is 11.5 Å². The van der Waals surface area contributed by atoms with Crippen LogP contribution in [0.2, 0.25) is 6.04 Å². The Morgan fingerprint density at radius 3 is 2.35 bits per heavy atom. The average Bonchev–Trinajstić information content (AvgIpc) is 2.48. The molecule has 0 radical (unpaired) electrons. The van der Waals surface area contributed by atoms with Gasteiger partial charge in [0.25, 0.3) is 0 Å². The van der Waals surface area contributed by atoms with Crippen LogP contribution in [0.5, 0.6) is 0 Å². The summed E-state index contributed by atoms with van der Waals surface area (Å²) < 4.78 is 18.0. The molecule has 6 heteroatoms. The minimum Gasteiger partial charge on any atom is -0.396 e. The van der Waals surface area contributed by atoms with Crippen LogP contribution in [0.4, 0.5) is 0 Å². The van der Waals surface area contributed by atoms with Gasteiger partial charge in [0, 0.05) is 21.3 Å². The molecule has 120 valence electrons. The molecule has 1 aliphatic heterocycles. The van der Waals surface area contributed by atoms with E-state index >= 15 is 0 Å². The van der Waals surface area contributed by atoms with E-state index in [2.05, 4.69) is 6.92 Å². The van der Waals surface area contributed by atoms with Crippen LogP contribution in [-0.4, -0.2) is 48.2 Å². The Kier molecular flexibility index (Phi) is 7.10. The summed E-state index contributed by atoms with van der Waals surface area (Å²) >= 11 is 0. The Morgan fingerprint density at radius 1 is 1.25 bits per heavy atom. The van der Waals surface area contributed by atoms with Crippen molar-refractivity contribution in [3.63, 3.8) is 0 Å². The van der Waals surface area contributed by atoms with Gasteiger partial charge in [0.15, 0.2) is 0 Å². The normalized spacial score (nSPS) is 31.2. The fraction of sp³-hybridized carbons (Fsp3) is 1.00. The first-order chi connectivity index (χ1) is 9.55. The van der Waals surface area contributed by atoms with Crippen molar-refractivity contribution in [3.05, 3.63) is 0 Å². The Morgan fingerprint density at radius 2 is 1.90 bits per heavy atom. The van der Waals surface area contributed by atoms with E-state index < -0.39 is 8.56 Å². The monoisotopic (exact) mass is 304 g/mol. The molecule has 0 saturated carbocycles. The Balaban J connectivity index is 3.19. The van der Waals surface area contributed by atoms with Crippen molar-refractivity contribution in [2.45, 2.75) is 43.9 Å². The van der Waals surface area contributed by atoms with Crippen LogP contribution in [-0.2, 0) is 13.6 Å². The molecule has 0 aliphatic carbocycles. The maximum Gasteiger partial charge on any atom is 0.371 e. The van der Waals surface area contributed by atoms with Gasteiger partial charge >= 0.3 is 8.56 Å². The van der Waals surface area contributed by atoms with Gasteiger partial charge in [-0.05, 0) is 50.2 Å². The lowest BCUT2D eigenvalue weighted by atomic mass is 9.86. The van der Waals surface area contributed by atoms with Crippen molar-refractivity contribution in [1.82, 2.24) is 0 Å². The molecule has 0 aromatic heterocycles. The number of hydrogen-bond acceptors (Lipinski definition) is 5. The number of nitrogens with two attached hydrogens (primary N) is 2. The lowest BCUT2D eigenvalue weighted by Crippen LogP contribution is -2.69. The van der Waals surface area contributed by atoms with Crippen LogP contribution in [0, 0.1) is 11.8 Å². The molecule has 5 nitrogen and oxygen atoms in total. The van der Waals surface area contributed by atoms with E-state index in [1.54, 1.807) is 21.3 Å². The summed E-state index contributed by atoms with van der Waals surface area (Å²) in [6.45, 7) is 3.49. The highest BCUT2D eigenvalue weighted by Gasteiger charge is 2.63. The molecule has 0 spiro atoms. The molecule has 1 saturated heterocycles. The Bertz CT molecular complexity index is 288. The van der Waals surface area contributed by atoms with Crippen molar-refractivity contribution < 1.29 is 13.6 Å². The maximum absolute atomic E-state index is 6.11. The van der Waals surface area contributed by atoms with Crippen LogP contribution in [0.3, 0.4) is 0 Å². The van der Waals surface area contributed by atoms with Crippen LogP contribution >= 0.6 is 0 Å². The second-order valence-corrected chi connectivity index (χ2v) is 9.63. The van der Waals surface area contributed by atoms with Gasteiger partial charge in [-0.25, -0.2) is 0 Å². The average molecular weight is 305 g/mol. The van der Waals surface area contributed by atoms with Crippen molar-refractivity contribution >= 4 is 8.56 Å². The summed E-state index contributed by atoms with van der Waals surface area (Å²) in [5.41, 5.74) is 11.7. The third-order valence-electron chi connectivity index (χ3n) is 4.96. The highest BCUT2D eigenvalue weighted by Crippen LogP contribution is 2.48. The molecule has 0 aromatic rings. The quantitative estimate of drug-likeness (QED) is 0.662. The zero-order valence-corrected chi connectivity index (χ0v) is 14.5. The summed E-state index contributed by atoms with van der Waals surface area (Å²) in [4.78, 5) is 0. The Labute approximate surface area is 124 Å². The predicted molar refractivity (Wildman–Crippen MR) is 83.5 cm³/mol. The first-order valence-electron chi connectivity index (χ1n) is 7.61. The smallest absolute Gasteiger partial charge is 0.371 e. The van der Waals surface area contributed by atoms with Gasteiger partial charge in [-0.1, -0.05) is 13.3 Å². The summed E-state index contributed by atoms with van der Waals surface area (Å²) in [6.07, 6.45) is 4.09. The van der Waals surface area contributed by atoms with Gasteiger partial charge in [-0.15, -0.1) is 0 Å². The molecule has 0 amide bonds. The lowest BCUT2D eigenvalue weighted by molar-refractivity contribution is -0.0625. The molecule has 1 fully saturated rings. The highest BCUT2D eigenvalue weighted by molar-refractivity contribution is 6.70. The number of hydrogen-bond donors (Lipinski definition) is 2. The molecule has 0 aromatic carbocycles. The van der Waals surface area contributed by atoms with E-state index in [-0.39, 0.29) is 5.22 Å². The van der Waals surface area contributed by atoms with E-state index in [1.165, 1.54) is 0 Å². The first-order valence-corrected chi connectivity index (χ1v) is 9.63. The Hall–Kier alpha value is 0.0169. The summed E-state index contributed by atoms with van der Waals surface area (Å²) in [6, 6.07) is 0.978. The summed E-state index contributed by atoms with van der Waals surface area (Å²) in [5.74, 6) is 0.775. The molecule has 3 unspecified atom stereocenters. The van der Waals surface area contributed by atoms with Gasteiger partial charge in [-0.2, -0.15) is 0 Å². The second kappa shape index (κ2) is 7.86. The third kappa shape index (κ3) is 3.10. The van der Waals surface area contributed by atoms with Crippen molar-refractivity contribution in [1.29, 1.82) is 0 Å². The first kappa shape index (κ1) is 18.1. The summed E-state index contributed by atoms with van der Waals surface area (Å²) in [7, 11) is 2.90. The fourth-order valence-electron chi connectivity index (χ4n) is 3.88. The van der Waals surface area contributed by atoms with Crippen LogP contribution in [0.15, 0.2) is 0 Å². The zero-order valence-electron chi connectivity index (χ0n) is 13.5. The topological polar surface area (TPSA) is 79.7 Å². The molecule has 3 atom stereocenters. The van der Waals surface area contributed by atoms with E-state index in [0.29, 0.717) is 24.9 Å². The molecular weight excluding hydrogens is 272 g/mol. The molecule has 1 aliphatic rings. The second-order valence-electron chi connectivity index (χ2n) is 5.97. The zero-order chi connectivity index (χ0) is 15.2. The van der Waals surface area contributed by atoms with Crippen molar-refractivity contribution in [3.8, 4) is 0 Å². The van der Waals surface area contributed by atoms with E-state index in [0.717, 1.165) is 31.7 Å². The minimum absolute atomic E-state index is 0.340. The fourth-order valence-corrected chi connectivity index (χ4v) is 8.12. The highest BCUT2D eigenvalue weighted by atomic mass is 28.4. The summed E-state index contributed by atoms with van der Waals surface area (Å²) in [5, 5.41) is -0.340. The number of ether oxygens (including phenoxy) is 1. The number of methoxy groups -OCH3 is 1. The molecular formula is C14H32N2O3Si. The number of rotatable bonds is 8. The van der Waals surface area contributed by atoms with Gasteiger partial charge in [0.2, 0.25) is 0 Å². The van der Waals surface area contributed by atoms with E-state index in [4.69, 9.17) is 25.1 Å². The molecule has 20 heavy (non-hydrogen) atoms. The SMILES string of the molecule is COC1(CC(C)CN)C(CCN)CCC[Si]1(OC)OC. The molecule has 1 heterocycles. The molecule has 1 rings (SSSR count). The maximum atomic E-state index is 6.11. The van der Waals surface area contributed by atoms with Crippen molar-refractivity contribution in [2.24, 2.45) is 23.3 Å². The third-order valence-corrected chi connectivity index (χ3v) is 9.39. The van der Waals surface area contributed by atoms with E-state index in [1.807, 2.05) is 0 Å². The van der Waals surface area contributed by atoms with Gasteiger partial charge in [0.05, 0.1) is 0 Å². The lowest BCUT2D eigenvalue weighted by Gasteiger charge is -2.53. The van der Waals surface area contributed by atoms with E-state index in [9.17, 15) is 0 Å². The molecule has 0 bridgehead atoms. The van der Waals surface area contributed by atoms with Crippen LogP contribution in [0.25, 0.3) is 0 Å². The van der Waals surface area contributed by atoms with Gasteiger partial charge in [-0.3, -0.25) is 0 Å².